The van der Waals surface area contributed by atoms with Gasteiger partial charge in [-0.25, -0.2) is 13.1 Å². The van der Waals surface area contributed by atoms with Crippen LogP contribution in [0.1, 0.15) is 11.1 Å². The van der Waals surface area contributed by atoms with Crippen LogP contribution in [0.5, 0.6) is 0 Å². The number of hydrogen-bond acceptors (Lipinski definition) is 3. The number of hydrogen-bond donors (Lipinski definition) is 2. The molecule has 2 aromatic rings. The van der Waals surface area contributed by atoms with Gasteiger partial charge >= 0.3 is 0 Å². The van der Waals surface area contributed by atoms with E-state index in [1.54, 1.807) is 24.3 Å². The van der Waals surface area contributed by atoms with Gasteiger partial charge in [0.15, 0.2) is 0 Å². The molecule has 0 saturated carbocycles. The highest BCUT2D eigenvalue weighted by Gasteiger charge is 2.13. The number of sulfonamides is 1. The molecule has 0 fully saturated rings. The molecule has 106 valence electrons. The highest BCUT2D eigenvalue weighted by atomic mass is 35.5. The molecule has 0 aliphatic carbocycles. The molecule has 2 aromatic carbocycles. The van der Waals surface area contributed by atoms with E-state index in [1.165, 1.54) is 24.3 Å². The van der Waals surface area contributed by atoms with Crippen LogP contribution in [0.3, 0.4) is 0 Å². The third-order valence-corrected chi connectivity index (χ3v) is 4.46. The Balaban J connectivity index is 2.06. The lowest BCUT2D eigenvalue weighted by molar-refractivity contribution is 0.282. The third kappa shape index (κ3) is 3.80. The summed E-state index contributed by atoms with van der Waals surface area (Å²) in [5.74, 6) is 0. The molecule has 0 amide bonds. The maximum Gasteiger partial charge on any atom is 0.240 e. The molecule has 4 nitrogen and oxygen atoms in total. The minimum Gasteiger partial charge on any atom is -0.392 e. The molecule has 2 rings (SSSR count). The Morgan fingerprint density at radius 2 is 1.50 bits per heavy atom. The molecule has 2 N–H and O–H groups in total. The van der Waals surface area contributed by atoms with Crippen LogP contribution < -0.4 is 4.72 Å². The summed E-state index contributed by atoms with van der Waals surface area (Å²) >= 11 is 5.73. The number of benzene rings is 2. The Labute approximate surface area is 123 Å². The largest absolute Gasteiger partial charge is 0.392 e. The summed E-state index contributed by atoms with van der Waals surface area (Å²) in [4.78, 5) is 0.175. The van der Waals surface area contributed by atoms with E-state index < -0.39 is 10.0 Å². The number of halogens is 1. The van der Waals surface area contributed by atoms with Crippen LogP contribution in [0.4, 0.5) is 0 Å². The summed E-state index contributed by atoms with van der Waals surface area (Å²) in [6.45, 7) is 0.160. The van der Waals surface area contributed by atoms with Crippen molar-refractivity contribution in [3.05, 3.63) is 64.7 Å². The third-order valence-electron chi connectivity index (χ3n) is 2.80. The number of rotatable bonds is 5. The number of aliphatic hydroxyl groups excluding tert-OH is 1. The maximum atomic E-state index is 12.0. The molecule has 0 bridgehead atoms. The average molecular weight is 312 g/mol. The Hall–Kier alpha value is -1.40. The number of nitrogens with one attached hydrogen (secondary N) is 1. The zero-order chi connectivity index (χ0) is 14.6. The molecule has 20 heavy (non-hydrogen) atoms. The van der Waals surface area contributed by atoms with E-state index in [4.69, 9.17) is 16.7 Å². The van der Waals surface area contributed by atoms with Crippen molar-refractivity contribution in [3.63, 3.8) is 0 Å². The van der Waals surface area contributed by atoms with Crippen LogP contribution in [-0.4, -0.2) is 13.5 Å². The van der Waals surface area contributed by atoms with Gasteiger partial charge in [-0.05, 0) is 35.4 Å². The topological polar surface area (TPSA) is 66.4 Å². The molecule has 0 unspecified atom stereocenters. The van der Waals surface area contributed by atoms with Gasteiger partial charge in [-0.15, -0.1) is 0 Å². The quantitative estimate of drug-likeness (QED) is 0.890. The molecule has 0 aliphatic heterocycles. The van der Waals surface area contributed by atoms with Crippen molar-refractivity contribution >= 4 is 21.6 Å². The van der Waals surface area contributed by atoms with Gasteiger partial charge < -0.3 is 5.11 Å². The van der Waals surface area contributed by atoms with Gasteiger partial charge in [0.05, 0.1) is 11.5 Å². The predicted molar refractivity (Wildman–Crippen MR) is 77.8 cm³/mol. The average Bonchev–Trinajstić information content (AvgIpc) is 2.46. The minimum atomic E-state index is -3.55. The van der Waals surface area contributed by atoms with Crippen molar-refractivity contribution in [2.75, 3.05) is 0 Å². The second kappa shape index (κ2) is 6.37. The lowest BCUT2D eigenvalue weighted by Crippen LogP contribution is -2.23. The van der Waals surface area contributed by atoms with E-state index >= 15 is 0 Å². The zero-order valence-corrected chi connectivity index (χ0v) is 12.2. The van der Waals surface area contributed by atoms with Crippen molar-refractivity contribution in [3.8, 4) is 0 Å². The van der Waals surface area contributed by atoms with E-state index in [1.807, 2.05) is 0 Å². The van der Waals surface area contributed by atoms with E-state index in [2.05, 4.69) is 4.72 Å². The molecule has 0 heterocycles. The molecule has 0 spiro atoms. The zero-order valence-electron chi connectivity index (χ0n) is 10.6. The van der Waals surface area contributed by atoms with Gasteiger partial charge in [0.2, 0.25) is 10.0 Å². The second-order valence-electron chi connectivity index (χ2n) is 4.25. The first-order chi connectivity index (χ1) is 9.51. The lowest BCUT2D eigenvalue weighted by Gasteiger charge is -2.07. The summed E-state index contributed by atoms with van der Waals surface area (Å²) < 4.78 is 26.6. The normalized spacial score (nSPS) is 11.5. The molecule has 0 atom stereocenters. The van der Waals surface area contributed by atoms with Crippen LogP contribution >= 0.6 is 11.6 Å². The Bertz CT molecular complexity index is 667. The van der Waals surface area contributed by atoms with E-state index in [0.717, 1.165) is 11.1 Å². The van der Waals surface area contributed by atoms with Crippen molar-refractivity contribution < 1.29 is 13.5 Å². The van der Waals surface area contributed by atoms with Crippen molar-refractivity contribution in [2.24, 2.45) is 0 Å². The van der Waals surface area contributed by atoms with Crippen LogP contribution in [0.25, 0.3) is 0 Å². The first-order valence-electron chi connectivity index (χ1n) is 5.95. The summed E-state index contributed by atoms with van der Waals surface area (Å²) in [6, 6.07) is 13.0. The van der Waals surface area contributed by atoms with Gasteiger partial charge in [-0.3, -0.25) is 0 Å². The standard InChI is InChI=1S/C14H14ClNO3S/c15-13-5-7-14(8-6-13)20(18,19)16-9-11-1-3-12(10-17)4-2-11/h1-8,16-17H,9-10H2. The Kier molecular flexibility index (Phi) is 4.77. The van der Waals surface area contributed by atoms with Crippen LogP contribution in [0.2, 0.25) is 5.02 Å². The summed E-state index contributed by atoms with van der Waals surface area (Å²) in [6.07, 6.45) is 0. The smallest absolute Gasteiger partial charge is 0.240 e. The fraction of sp³-hybridized carbons (Fsp3) is 0.143. The van der Waals surface area contributed by atoms with E-state index in [0.29, 0.717) is 5.02 Å². The van der Waals surface area contributed by atoms with Gasteiger partial charge in [-0.1, -0.05) is 35.9 Å². The molecular formula is C14H14ClNO3S. The van der Waals surface area contributed by atoms with Gasteiger partial charge in [0.25, 0.3) is 0 Å². The SMILES string of the molecule is O=S(=O)(NCc1ccc(CO)cc1)c1ccc(Cl)cc1. The molecule has 0 saturated heterocycles. The molecule has 6 heteroatoms. The highest BCUT2D eigenvalue weighted by Crippen LogP contribution is 2.14. The van der Waals surface area contributed by atoms with Crippen molar-refractivity contribution in [1.82, 2.24) is 4.72 Å². The fourth-order valence-corrected chi connectivity index (χ4v) is 2.78. The van der Waals surface area contributed by atoms with Crippen LogP contribution in [0.15, 0.2) is 53.4 Å². The molecule has 0 aliphatic rings. The van der Waals surface area contributed by atoms with Gasteiger partial charge in [-0.2, -0.15) is 0 Å². The van der Waals surface area contributed by atoms with E-state index in [-0.39, 0.29) is 18.0 Å². The lowest BCUT2D eigenvalue weighted by atomic mass is 10.1. The predicted octanol–water partition coefficient (Wildman–Crippen LogP) is 2.31. The molecular weight excluding hydrogens is 298 g/mol. The van der Waals surface area contributed by atoms with Gasteiger partial charge in [0, 0.05) is 11.6 Å². The van der Waals surface area contributed by atoms with E-state index in [9.17, 15) is 8.42 Å². The Morgan fingerprint density at radius 1 is 0.950 bits per heavy atom. The molecule has 0 aromatic heterocycles. The van der Waals surface area contributed by atoms with Crippen molar-refractivity contribution in [2.45, 2.75) is 18.0 Å². The Morgan fingerprint density at radius 3 is 2.05 bits per heavy atom. The second-order valence-corrected chi connectivity index (χ2v) is 6.46. The monoisotopic (exact) mass is 311 g/mol. The summed E-state index contributed by atoms with van der Waals surface area (Å²) in [5.41, 5.74) is 1.61. The van der Waals surface area contributed by atoms with Gasteiger partial charge in [0.1, 0.15) is 0 Å². The minimum absolute atomic E-state index is 0.0310. The maximum absolute atomic E-state index is 12.0. The van der Waals surface area contributed by atoms with Crippen LogP contribution in [0, 0.1) is 0 Å². The number of aliphatic hydroxyl groups is 1. The fourth-order valence-electron chi connectivity index (χ4n) is 1.64. The van der Waals surface area contributed by atoms with Crippen molar-refractivity contribution in [1.29, 1.82) is 0 Å². The molecule has 0 radical (unpaired) electrons. The summed E-state index contributed by atoms with van der Waals surface area (Å²) in [7, 11) is -3.55. The summed E-state index contributed by atoms with van der Waals surface area (Å²) in [5, 5.41) is 9.43. The van der Waals surface area contributed by atoms with Crippen LogP contribution in [-0.2, 0) is 23.2 Å². The highest BCUT2D eigenvalue weighted by molar-refractivity contribution is 7.89. The first kappa shape index (κ1) is 15.0. The first-order valence-corrected chi connectivity index (χ1v) is 7.81.